The number of nitrogens with one attached hydrogen (secondary N) is 2. The highest BCUT2D eigenvalue weighted by atomic mass is 35.5. The summed E-state index contributed by atoms with van der Waals surface area (Å²) in [7, 11) is 0. The number of aromatic amines is 1. The molecule has 0 fully saturated rings. The Hall–Kier alpha value is -1.52. The van der Waals surface area contributed by atoms with Crippen LogP contribution in [0.1, 0.15) is 30.3 Å². The molecule has 1 aromatic heterocycles. The van der Waals surface area contributed by atoms with Crippen molar-refractivity contribution in [2.75, 3.05) is 6.61 Å². The van der Waals surface area contributed by atoms with Crippen molar-refractivity contribution in [3.63, 3.8) is 0 Å². The highest BCUT2D eigenvalue weighted by Gasteiger charge is 2.12. The molecule has 0 saturated carbocycles. The van der Waals surface area contributed by atoms with E-state index >= 15 is 0 Å². The summed E-state index contributed by atoms with van der Waals surface area (Å²) in [5, 5.41) is 13.2. The van der Waals surface area contributed by atoms with E-state index < -0.39 is 0 Å². The Morgan fingerprint density at radius 1 is 1.47 bits per heavy atom. The predicted octanol–water partition coefficient (Wildman–Crippen LogP) is 2.71. The molecule has 0 aliphatic rings. The van der Waals surface area contributed by atoms with Gasteiger partial charge in [0.2, 0.25) is 0 Å². The summed E-state index contributed by atoms with van der Waals surface area (Å²) in [6.45, 7) is 2.07. The summed E-state index contributed by atoms with van der Waals surface area (Å²) in [5.41, 5.74) is 1.41. The number of halogens is 1. The maximum atomic E-state index is 12.0. The molecule has 2 rings (SSSR count). The molecular weight excluding hydrogens is 264 g/mol. The number of amides is 1. The highest BCUT2D eigenvalue weighted by molar-refractivity contribution is 6.31. The zero-order chi connectivity index (χ0) is 13.8. The molecule has 1 heterocycles. The molecule has 0 spiro atoms. The van der Waals surface area contributed by atoms with Crippen LogP contribution in [0.2, 0.25) is 5.02 Å². The third-order valence-electron chi connectivity index (χ3n) is 3.00. The molecule has 1 unspecified atom stereocenters. The summed E-state index contributed by atoms with van der Waals surface area (Å²) >= 11 is 5.91. The molecule has 0 aliphatic heterocycles. The van der Waals surface area contributed by atoms with Gasteiger partial charge in [0, 0.05) is 28.6 Å². The molecule has 2 aromatic rings. The van der Waals surface area contributed by atoms with Crippen molar-refractivity contribution in [3.05, 3.63) is 35.0 Å². The van der Waals surface area contributed by atoms with Gasteiger partial charge in [-0.15, -0.1) is 0 Å². The zero-order valence-electron chi connectivity index (χ0n) is 10.7. The van der Waals surface area contributed by atoms with Crippen LogP contribution in [0, 0.1) is 0 Å². The van der Waals surface area contributed by atoms with Gasteiger partial charge in [0.1, 0.15) is 5.69 Å². The lowest BCUT2D eigenvalue weighted by Crippen LogP contribution is -2.32. The van der Waals surface area contributed by atoms with E-state index in [1.807, 2.05) is 19.1 Å². The predicted molar refractivity (Wildman–Crippen MR) is 76.6 cm³/mol. The van der Waals surface area contributed by atoms with E-state index in [9.17, 15) is 4.79 Å². The third kappa shape index (κ3) is 3.49. The average Bonchev–Trinajstić information content (AvgIpc) is 2.79. The van der Waals surface area contributed by atoms with Crippen LogP contribution < -0.4 is 5.32 Å². The maximum Gasteiger partial charge on any atom is 0.267 e. The second kappa shape index (κ2) is 6.08. The SMILES string of the molecule is CC(CCCO)NC(=O)c1cc2cc(Cl)ccc2[nH]1. The molecule has 4 nitrogen and oxygen atoms in total. The highest BCUT2D eigenvalue weighted by Crippen LogP contribution is 2.20. The fourth-order valence-electron chi connectivity index (χ4n) is 2.00. The fraction of sp³-hybridized carbons (Fsp3) is 0.357. The van der Waals surface area contributed by atoms with Crippen LogP contribution in [0.4, 0.5) is 0 Å². The molecule has 3 N–H and O–H groups in total. The van der Waals surface area contributed by atoms with Gasteiger partial charge < -0.3 is 15.4 Å². The summed E-state index contributed by atoms with van der Waals surface area (Å²) in [5.74, 6) is -0.141. The summed E-state index contributed by atoms with van der Waals surface area (Å²) in [6, 6.07) is 7.28. The minimum absolute atomic E-state index is 0.0367. The van der Waals surface area contributed by atoms with Crippen LogP contribution in [0.15, 0.2) is 24.3 Å². The first kappa shape index (κ1) is 13.9. The number of aliphatic hydroxyl groups is 1. The van der Waals surface area contributed by atoms with Crippen molar-refractivity contribution < 1.29 is 9.90 Å². The first-order valence-electron chi connectivity index (χ1n) is 6.30. The minimum atomic E-state index is -0.141. The van der Waals surface area contributed by atoms with Crippen molar-refractivity contribution in [1.82, 2.24) is 10.3 Å². The number of hydrogen-bond acceptors (Lipinski definition) is 2. The second-order valence-corrected chi connectivity index (χ2v) is 5.09. The van der Waals surface area contributed by atoms with Crippen LogP contribution in [0.25, 0.3) is 10.9 Å². The molecule has 19 heavy (non-hydrogen) atoms. The zero-order valence-corrected chi connectivity index (χ0v) is 11.5. The van der Waals surface area contributed by atoms with Crippen molar-refractivity contribution in [3.8, 4) is 0 Å². The number of rotatable bonds is 5. The van der Waals surface area contributed by atoms with Gasteiger partial charge in [0.15, 0.2) is 0 Å². The number of carbonyl (C=O) groups excluding carboxylic acids is 1. The van der Waals surface area contributed by atoms with Crippen LogP contribution in [-0.4, -0.2) is 28.6 Å². The summed E-state index contributed by atoms with van der Waals surface area (Å²) in [6.07, 6.45) is 1.44. The van der Waals surface area contributed by atoms with Gasteiger partial charge in [-0.25, -0.2) is 0 Å². The van der Waals surface area contributed by atoms with Crippen LogP contribution in [0.5, 0.6) is 0 Å². The van der Waals surface area contributed by atoms with Crippen LogP contribution in [-0.2, 0) is 0 Å². The topological polar surface area (TPSA) is 65.1 Å². The van der Waals surface area contributed by atoms with Gasteiger partial charge in [-0.3, -0.25) is 4.79 Å². The molecule has 102 valence electrons. The van der Waals surface area contributed by atoms with Crippen molar-refractivity contribution in [2.24, 2.45) is 0 Å². The van der Waals surface area contributed by atoms with Crippen molar-refractivity contribution in [2.45, 2.75) is 25.8 Å². The van der Waals surface area contributed by atoms with Gasteiger partial charge in [-0.05, 0) is 44.0 Å². The lowest BCUT2D eigenvalue weighted by atomic mass is 10.2. The van der Waals surface area contributed by atoms with E-state index in [0.29, 0.717) is 17.1 Å². The summed E-state index contributed by atoms with van der Waals surface area (Å²) in [4.78, 5) is 15.1. The smallest absolute Gasteiger partial charge is 0.267 e. The molecule has 1 amide bonds. The fourth-order valence-corrected chi connectivity index (χ4v) is 2.18. The van der Waals surface area contributed by atoms with Gasteiger partial charge in [0.25, 0.3) is 5.91 Å². The Morgan fingerprint density at radius 2 is 2.26 bits per heavy atom. The number of H-pyrrole nitrogens is 1. The standard InChI is InChI=1S/C14H17ClN2O2/c1-9(3-2-6-18)16-14(19)13-8-10-7-11(15)4-5-12(10)17-13/h4-5,7-9,17-18H,2-3,6H2,1H3,(H,16,19). The molecule has 0 aliphatic carbocycles. The monoisotopic (exact) mass is 280 g/mol. The first-order chi connectivity index (χ1) is 9.10. The maximum absolute atomic E-state index is 12.0. The third-order valence-corrected chi connectivity index (χ3v) is 3.24. The normalized spacial score (nSPS) is 12.6. The number of carbonyl (C=O) groups is 1. The number of hydrogen-bond donors (Lipinski definition) is 3. The van der Waals surface area contributed by atoms with E-state index in [2.05, 4.69) is 10.3 Å². The van der Waals surface area contributed by atoms with E-state index in [4.69, 9.17) is 16.7 Å². The van der Waals surface area contributed by atoms with Gasteiger partial charge in [0.05, 0.1) is 0 Å². The summed E-state index contributed by atoms with van der Waals surface area (Å²) < 4.78 is 0. The van der Waals surface area contributed by atoms with Crippen LogP contribution >= 0.6 is 11.6 Å². The van der Waals surface area contributed by atoms with E-state index in [-0.39, 0.29) is 18.6 Å². The molecule has 1 atom stereocenters. The molecular formula is C14H17ClN2O2. The lowest BCUT2D eigenvalue weighted by molar-refractivity contribution is 0.0932. The number of aliphatic hydroxyl groups excluding tert-OH is 1. The van der Waals surface area contributed by atoms with Crippen molar-refractivity contribution >= 4 is 28.4 Å². The molecule has 0 bridgehead atoms. The Labute approximate surface area is 116 Å². The Balaban J connectivity index is 2.08. The van der Waals surface area contributed by atoms with Gasteiger partial charge in [-0.1, -0.05) is 11.6 Å². The largest absolute Gasteiger partial charge is 0.396 e. The van der Waals surface area contributed by atoms with Gasteiger partial charge >= 0.3 is 0 Å². The Morgan fingerprint density at radius 3 is 3.00 bits per heavy atom. The Bertz CT molecular complexity index is 580. The van der Waals surface area contributed by atoms with Crippen LogP contribution in [0.3, 0.4) is 0 Å². The molecule has 0 radical (unpaired) electrons. The number of aromatic nitrogens is 1. The first-order valence-corrected chi connectivity index (χ1v) is 6.68. The van der Waals surface area contributed by atoms with E-state index in [1.165, 1.54) is 0 Å². The minimum Gasteiger partial charge on any atom is -0.396 e. The lowest BCUT2D eigenvalue weighted by Gasteiger charge is -2.12. The average molecular weight is 281 g/mol. The second-order valence-electron chi connectivity index (χ2n) is 4.65. The van der Waals surface area contributed by atoms with Crippen molar-refractivity contribution in [1.29, 1.82) is 0 Å². The molecule has 1 aromatic carbocycles. The Kier molecular flexibility index (Phi) is 4.45. The number of fused-ring (bicyclic) bond motifs is 1. The van der Waals surface area contributed by atoms with E-state index in [1.54, 1.807) is 12.1 Å². The molecule has 0 saturated heterocycles. The van der Waals surface area contributed by atoms with E-state index in [0.717, 1.165) is 17.3 Å². The quantitative estimate of drug-likeness (QED) is 0.788. The number of benzene rings is 1. The molecule has 5 heteroatoms. The van der Waals surface area contributed by atoms with Gasteiger partial charge in [-0.2, -0.15) is 0 Å².